The quantitative estimate of drug-likeness (QED) is 0.349. The molecule has 1 fully saturated rings. The highest BCUT2D eigenvalue weighted by atomic mass is 28.3. The van der Waals surface area contributed by atoms with Gasteiger partial charge in [0, 0.05) is 52.8 Å². The summed E-state index contributed by atoms with van der Waals surface area (Å²) in [7, 11) is -1.10. The fourth-order valence-electron chi connectivity index (χ4n) is 4.31. The zero-order valence-corrected chi connectivity index (χ0v) is 21.0. The van der Waals surface area contributed by atoms with Gasteiger partial charge in [-0.25, -0.2) is 15.0 Å². The zero-order valence-electron chi connectivity index (χ0n) is 20.0. The Morgan fingerprint density at radius 1 is 1.21 bits per heavy atom. The fourth-order valence-corrected chi connectivity index (χ4v) is 5.06. The summed E-state index contributed by atoms with van der Waals surface area (Å²) >= 11 is 0. The first-order valence-electron chi connectivity index (χ1n) is 11.6. The summed E-state index contributed by atoms with van der Waals surface area (Å²) in [6.07, 6.45) is 6.38. The van der Waals surface area contributed by atoms with Crippen LogP contribution in [0.2, 0.25) is 25.7 Å². The molecule has 0 amide bonds. The molecular weight excluding hydrogens is 430 g/mol. The first kappa shape index (κ1) is 23.2. The second-order valence-electron chi connectivity index (χ2n) is 9.76. The first-order valence-corrected chi connectivity index (χ1v) is 15.4. The van der Waals surface area contributed by atoms with E-state index in [0.29, 0.717) is 18.3 Å². The van der Waals surface area contributed by atoms with Gasteiger partial charge in [-0.05, 0) is 37.6 Å². The zero-order chi connectivity index (χ0) is 23.4. The summed E-state index contributed by atoms with van der Waals surface area (Å²) in [5, 5.41) is 10.1. The van der Waals surface area contributed by atoms with Crippen molar-refractivity contribution in [3.05, 3.63) is 42.5 Å². The van der Waals surface area contributed by atoms with E-state index in [1.54, 1.807) is 12.5 Å². The summed E-state index contributed by atoms with van der Waals surface area (Å²) < 4.78 is 8.01. The molecule has 8 nitrogen and oxygen atoms in total. The molecule has 4 rings (SSSR count). The Labute approximate surface area is 196 Å². The standard InChI is InChI=1S/C24H33N7OSi/c1-5-31(22-7-6-19(14-25)15-26-22)20-8-10-29(16-20)23-21-9-11-30(24(21)28-17-27-23)18-32-12-13-33(2,3)4/h6-7,9,11,15,17,20H,5,8,10,12-13,16,18H2,1-4H3. The number of ether oxygens (including phenoxy) is 1. The number of aromatic nitrogens is 4. The number of hydrogen-bond donors (Lipinski definition) is 0. The summed E-state index contributed by atoms with van der Waals surface area (Å²) in [6.45, 7) is 13.2. The fraction of sp³-hybridized carbons (Fsp3) is 0.500. The van der Waals surface area contributed by atoms with Crippen LogP contribution in [0.1, 0.15) is 18.9 Å². The van der Waals surface area contributed by atoms with Gasteiger partial charge in [0.15, 0.2) is 0 Å². The van der Waals surface area contributed by atoms with Crippen LogP contribution < -0.4 is 9.80 Å². The van der Waals surface area contributed by atoms with E-state index in [2.05, 4.69) is 68.0 Å². The molecule has 1 saturated heterocycles. The predicted molar refractivity (Wildman–Crippen MR) is 134 cm³/mol. The van der Waals surface area contributed by atoms with E-state index < -0.39 is 8.07 Å². The summed E-state index contributed by atoms with van der Waals surface area (Å²) in [5.41, 5.74) is 1.50. The molecule has 0 N–H and O–H groups in total. The molecule has 3 aromatic heterocycles. The Morgan fingerprint density at radius 2 is 2.06 bits per heavy atom. The van der Waals surface area contributed by atoms with Gasteiger partial charge >= 0.3 is 0 Å². The maximum atomic E-state index is 9.05. The second-order valence-corrected chi connectivity index (χ2v) is 15.4. The van der Waals surface area contributed by atoms with Gasteiger partial charge in [-0.3, -0.25) is 0 Å². The maximum absolute atomic E-state index is 9.05. The molecule has 1 atom stereocenters. The van der Waals surface area contributed by atoms with Gasteiger partial charge in [0.25, 0.3) is 0 Å². The largest absolute Gasteiger partial charge is 0.361 e. The molecule has 174 valence electrons. The summed E-state index contributed by atoms with van der Waals surface area (Å²) in [4.78, 5) is 18.4. The Kier molecular flexibility index (Phi) is 6.96. The summed E-state index contributed by atoms with van der Waals surface area (Å²) in [5.74, 6) is 1.89. The molecule has 0 aromatic carbocycles. The van der Waals surface area contributed by atoms with Crippen LogP contribution in [0, 0.1) is 11.3 Å². The number of nitriles is 1. The molecule has 0 radical (unpaired) electrons. The van der Waals surface area contributed by atoms with Crippen LogP contribution in [0.25, 0.3) is 11.0 Å². The van der Waals surface area contributed by atoms with E-state index in [1.807, 2.05) is 18.3 Å². The van der Waals surface area contributed by atoms with Crippen molar-refractivity contribution in [3.63, 3.8) is 0 Å². The van der Waals surface area contributed by atoms with Crippen molar-refractivity contribution in [3.8, 4) is 6.07 Å². The van der Waals surface area contributed by atoms with Crippen molar-refractivity contribution in [2.45, 2.75) is 51.8 Å². The molecule has 1 aliphatic rings. The van der Waals surface area contributed by atoms with E-state index >= 15 is 0 Å². The Bertz CT molecular complexity index is 1120. The van der Waals surface area contributed by atoms with Gasteiger partial charge in [-0.1, -0.05) is 19.6 Å². The third-order valence-corrected chi connectivity index (χ3v) is 7.88. The van der Waals surface area contributed by atoms with Crippen molar-refractivity contribution < 1.29 is 4.74 Å². The lowest BCUT2D eigenvalue weighted by atomic mass is 10.2. The van der Waals surface area contributed by atoms with Crippen LogP contribution in [0.15, 0.2) is 36.9 Å². The molecule has 4 heterocycles. The Hall–Kier alpha value is -2.96. The number of likely N-dealkylation sites (N-methyl/N-ethyl adjacent to an activating group) is 1. The number of nitrogens with zero attached hydrogens (tertiary/aromatic N) is 7. The average Bonchev–Trinajstić information content (AvgIpc) is 3.45. The van der Waals surface area contributed by atoms with Crippen LogP contribution in [-0.4, -0.2) is 59.9 Å². The van der Waals surface area contributed by atoms with Gasteiger partial charge in [0.05, 0.1) is 10.9 Å². The van der Waals surface area contributed by atoms with E-state index in [9.17, 15) is 0 Å². The number of rotatable bonds is 9. The van der Waals surface area contributed by atoms with Gasteiger partial charge in [0.1, 0.15) is 36.4 Å². The molecule has 9 heteroatoms. The molecule has 1 aliphatic heterocycles. The number of hydrogen-bond acceptors (Lipinski definition) is 7. The smallest absolute Gasteiger partial charge is 0.147 e. The Balaban J connectivity index is 1.46. The lowest BCUT2D eigenvalue weighted by Gasteiger charge is -2.29. The molecule has 3 aromatic rings. The average molecular weight is 464 g/mol. The van der Waals surface area contributed by atoms with Crippen molar-refractivity contribution in [2.24, 2.45) is 0 Å². The predicted octanol–water partition coefficient (Wildman–Crippen LogP) is 4.12. The molecule has 0 saturated carbocycles. The van der Waals surface area contributed by atoms with E-state index in [-0.39, 0.29) is 0 Å². The van der Waals surface area contributed by atoms with E-state index in [1.165, 1.54) is 0 Å². The SMILES string of the molecule is CCN(c1ccc(C#N)cn1)C1CCN(c2ncnc3c2ccn3COCC[Si](C)(C)C)C1. The molecule has 33 heavy (non-hydrogen) atoms. The highest BCUT2D eigenvalue weighted by Crippen LogP contribution is 2.29. The van der Waals surface area contributed by atoms with E-state index in [4.69, 9.17) is 10.00 Å². The van der Waals surface area contributed by atoms with E-state index in [0.717, 1.165) is 61.4 Å². The topological polar surface area (TPSA) is 83.1 Å². The minimum Gasteiger partial charge on any atom is -0.361 e. The van der Waals surface area contributed by atoms with Gasteiger partial charge < -0.3 is 19.1 Å². The van der Waals surface area contributed by atoms with Crippen molar-refractivity contribution in [1.29, 1.82) is 5.26 Å². The minimum absolute atomic E-state index is 0.340. The van der Waals surface area contributed by atoms with Gasteiger partial charge in [0.2, 0.25) is 0 Å². The van der Waals surface area contributed by atoms with Crippen LogP contribution in [0.5, 0.6) is 0 Å². The van der Waals surface area contributed by atoms with Crippen molar-refractivity contribution in [1.82, 2.24) is 19.5 Å². The van der Waals surface area contributed by atoms with Crippen LogP contribution in [0.4, 0.5) is 11.6 Å². The van der Waals surface area contributed by atoms with Crippen LogP contribution >= 0.6 is 0 Å². The molecule has 0 spiro atoms. The molecule has 1 unspecified atom stereocenters. The monoisotopic (exact) mass is 463 g/mol. The van der Waals surface area contributed by atoms with Gasteiger partial charge in [-0.15, -0.1) is 0 Å². The van der Waals surface area contributed by atoms with Crippen LogP contribution in [0.3, 0.4) is 0 Å². The van der Waals surface area contributed by atoms with Crippen molar-refractivity contribution in [2.75, 3.05) is 36.0 Å². The number of fused-ring (bicyclic) bond motifs is 1. The first-order chi connectivity index (χ1) is 15.9. The highest BCUT2D eigenvalue weighted by Gasteiger charge is 2.30. The number of anilines is 2. The molecule has 0 bridgehead atoms. The third kappa shape index (κ3) is 5.34. The van der Waals surface area contributed by atoms with Crippen LogP contribution in [-0.2, 0) is 11.5 Å². The highest BCUT2D eigenvalue weighted by molar-refractivity contribution is 6.76. The van der Waals surface area contributed by atoms with Gasteiger partial charge in [-0.2, -0.15) is 5.26 Å². The minimum atomic E-state index is -1.10. The molecule has 0 aliphatic carbocycles. The lowest BCUT2D eigenvalue weighted by Crippen LogP contribution is -2.38. The normalized spacial score (nSPS) is 16.3. The third-order valence-electron chi connectivity index (χ3n) is 6.18. The Morgan fingerprint density at radius 3 is 2.76 bits per heavy atom. The van der Waals surface area contributed by atoms with Crippen molar-refractivity contribution >= 4 is 30.7 Å². The molecular formula is C24H33N7OSi. The summed E-state index contributed by atoms with van der Waals surface area (Å²) in [6, 6.07) is 9.51. The lowest BCUT2D eigenvalue weighted by molar-refractivity contribution is 0.0899. The maximum Gasteiger partial charge on any atom is 0.147 e. The second kappa shape index (κ2) is 9.89. The number of pyridine rings is 1.